The minimum absolute atomic E-state index is 0.686. The molecule has 0 bridgehead atoms. The smallest absolute Gasteiger partial charge is 0.00953 e. The lowest BCUT2D eigenvalue weighted by Crippen LogP contribution is -2.48. The number of likely N-dealkylation sites (tertiary alicyclic amines) is 1. The van der Waals surface area contributed by atoms with Crippen LogP contribution in [0.25, 0.3) is 0 Å². The molecule has 1 heterocycles. The van der Waals surface area contributed by atoms with Gasteiger partial charge >= 0.3 is 0 Å². The molecule has 0 spiro atoms. The van der Waals surface area contributed by atoms with E-state index in [-0.39, 0.29) is 0 Å². The molecule has 1 aliphatic carbocycles. The second-order valence-corrected chi connectivity index (χ2v) is 5.77. The average Bonchev–Trinajstić information content (AvgIpc) is 2.39. The summed E-state index contributed by atoms with van der Waals surface area (Å²) in [7, 11) is 2.10. The normalized spacial score (nSPS) is 31.5. The van der Waals surface area contributed by atoms with Crippen LogP contribution in [0.3, 0.4) is 0 Å². The highest BCUT2D eigenvalue weighted by Crippen LogP contribution is 2.28. The van der Waals surface area contributed by atoms with E-state index in [1.54, 1.807) is 0 Å². The fraction of sp³-hybridized carbons (Fsp3) is 1.00. The maximum Gasteiger partial charge on any atom is 0.00953 e. The monoisotopic (exact) mass is 224 g/mol. The van der Waals surface area contributed by atoms with E-state index in [2.05, 4.69) is 24.2 Å². The van der Waals surface area contributed by atoms with E-state index in [0.29, 0.717) is 6.04 Å². The van der Waals surface area contributed by atoms with Crippen molar-refractivity contribution in [2.75, 3.05) is 20.1 Å². The average molecular weight is 224 g/mol. The predicted octanol–water partition coefficient (Wildman–Crippen LogP) is 2.64. The molecule has 0 aromatic carbocycles. The zero-order valence-electron chi connectivity index (χ0n) is 11.0. The molecule has 0 aromatic heterocycles. The Bertz CT molecular complexity index is 199. The van der Waals surface area contributed by atoms with Gasteiger partial charge in [-0.05, 0) is 52.1 Å². The summed E-state index contributed by atoms with van der Waals surface area (Å²) in [6, 6.07) is 1.60. The van der Waals surface area contributed by atoms with Gasteiger partial charge in [-0.1, -0.05) is 19.3 Å². The highest BCUT2D eigenvalue weighted by Gasteiger charge is 2.28. The zero-order valence-corrected chi connectivity index (χ0v) is 11.0. The zero-order chi connectivity index (χ0) is 11.4. The Labute approximate surface area is 101 Å². The fourth-order valence-corrected chi connectivity index (χ4v) is 3.46. The highest BCUT2D eigenvalue weighted by molar-refractivity contribution is 4.84. The van der Waals surface area contributed by atoms with Crippen LogP contribution >= 0.6 is 0 Å². The first-order valence-corrected chi connectivity index (χ1v) is 7.22. The molecule has 2 unspecified atom stereocenters. The van der Waals surface area contributed by atoms with Crippen LogP contribution in [0.4, 0.5) is 0 Å². The van der Waals surface area contributed by atoms with Gasteiger partial charge in [0.15, 0.2) is 0 Å². The van der Waals surface area contributed by atoms with E-state index in [1.165, 1.54) is 58.0 Å². The molecule has 1 saturated heterocycles. The van der Waals surface area contributed by atoms with Crippen molar-refractivity contribution in [2.45, 2.75) is 64.0 Å². The summed E-state index contributed by atoms with van der Waals surface area (Å²) < 4.78 is 0. The van der Waals surface area contributed by atoms with Crippen LogP contribution in [0.1, 0.15) is 51.9 Å². The number of rotatable bonds is 3. The quantitative estimate of drug-likeness (QED) is 0.793. The van der Waals surface area contributed by atoms with Crippen molar-refractivity contribution in [2.24, 2.45) is 5.92 Å². The van der Waals surface area contributed by atoms with E-state index >= 15 is 0 Å². The first-order chi connectivity index (χ1) is 7.81. The standard InChI is InChI=1S/C14H28N2/c1-12(15-2)13-7-6-10-16(11-13)14-8-4-3-5-9-14/h12-15H,3-11H2,1-2H3. The topological polar surface area (TPSA) is 15.3 Å². The molecule has 94 valence electrons. The summed E-state index contributed by atoms with van der Waals surface area (Å²) in [5.74, 6) is 0.876. The van der Waals surface area contributed by atoms with E-state index in [1.807, 2.05) is 0 Å². The van der Waals surface area contributed by atoms with Gasteiger partial charge in [-0.3, -0.25) is 0 Å². The summed E-state index contributed by atoms with van der Waals surface area (Å²) in [4.78, 5) is 2.79. The summed E-state index contributed by atoms with van der Waals surface area (Å²) in [5, 5.41) is 3.43. The second kappa shape index (κ2) is 6.02. The molecule has 0 amide bonds. The molecule has 2 aliphatic rings. The summed E-state index contributed by atoms with van der Waals surface area (Å²) >= 11 is 0. The summed E-state index contributed by atoms with van der Waals surface area (Å²) in [6.07, 6.45) is 10.2. The first kappa shape index (κ1) is 12.4. The largest absolute Gasteiger partial charge is 0.317 e. The Balaban J connectivity index is 1.85. The predicted molar refractivity (Wildman–Crippen MR) is 69.7 cm³/mol. The lowest BCUT2D eigenvalue weighted by atomic mass is 9.87. The third kappa shape index (κ3) is 2.98. The van der Waals surface area contributed by atoms with Gasteiger partial charge in [0.1, 0.15) is 0 Å². The van der Waals surface area contributed by atoms with Gasteiger partial charge in [0, 0.05) is 18.6 Å². The lowest BCUT2D eigenvalue weighted by Gasteiger charge is -2.41. The molecular formula is C14H28N2. The minimum atomic E-state index is 0.686. The molecular weight excluding hydrogens is 196 g/mol. The molecule has 2 nitrogen and oxygen atoms in total. The maximum atomic E-state index is 3.43. The van der Waals surface area contributed by atoms with Gasteiger partial charge in [0.25, 0.3) is 0 Å². The van der Waals surface area contributed by atoms with Crippen LogP contribution in [-0.2, 0) is 0 Å². The Morgan fingerprint density at radius 1 is 1.06 bits per heavy atom. The Kier molecular flexibility index (Phi) is 4.66. The van der Waals surface area contributed by atoms with Crippen molar-refractivity contribution in [3.63, 3.8) is 0 Å². The van der Waals surface area contributed by atoms with Crippen molar-refractivity contribution in [1.29, 1.82) is 0 Å². The Morgan fingerprint density at radius 2 is 1.81 bits per heavy atom. The van der Waals surface area contributed by atoms with Gasteiger partial charge in [0.05, 0.1) is 0 Å². The van der Waals surface area contributed by atoms with Crippen LogP contribution < -0.4 is 5.32 Å². The first-order valence-electron chi connectivity index (χ1n) is 7.22. The fourth-order valence-electron chi connectivity index (χ4n) is 3.46. The molecule has 0 radical (unpaired) electrons. The van der Waals surface area contributed by atoms with Gasteiger partial charge in [-0.25, -0.2) is 0 Å². The highest BCUT2D eigenvalue weighted by atomic mass is 15.2. The minimum Gasteiger partial charge on any atom is -0.317 e. The van der Waals surface area contributed by atoms with Crippen molar-refractivity contribution in [3.05, 3.63) is 0 Å². The van der Waals surface area contributed by atoms with Crippen molar-refractivity contribution >= 4 is 0 Å². The van der Waals surface area contributed by atoms with Crippen LogP contribution in [0.2, 0.25) is 0 Å². The second-order valence-electron chi connectivity index (χ2n) is 5.77. The third-order valence-corrected chi connectivity index (χ3v) is 4.74. The molecule has 2 rings (SSSR count). The number of nitrogens with zero attached hydrogens (tertiary/aromatic N) is 1. The number of nitrogens with one attached hydrogen (secondary N) is 1. The van der Waals surface area contributed by atoms with Crippen molar-refractivity contribution in [1.82, 2.24) is 10.2 Å². The van der Waals surface area contributed by atoms with Gasteiger partial charge in [0.2, 0.25) is 0 Å². The van der Waals surface area contributed by atoms with Crippen LogP contribution in [-0.4, -0.2) is 37.1 Å². The molecule has 0 aromatic rings. The molecule has 16 heavy (non-hydrogen) atoms. The molecule has 1 N–H and O–H groups in total. The Morgan fingerprint density at radius 3 is 2.50 bits per heavy atom. The third-order valence-electron chi connectivity index (χ3n) is 4.74. The van der Waals surface area contributed by atoms with Crippen LogP contribution in [0, 0.1) is 5.92 Å². The summed E-state index contributed by atoms with van der Waals surface area (Å²) in [5.41, 5.74) is 0. The van der Waals surface area contributed by atoms with Crippen molar-refractivity contribution < 1.29 is 0 Å². The van der Waals surface area contributed by atoms with E-state index < -0.39 is 0 Å². The van der Waals surface area contributed by atoms with E-state index in [4.69, 9.17) is 0 Å². The lowest BCUT2D eigenvalue weighted by molar-refractivity contribution is 0.0874. The molecule has 2 fully saturated rings. The SMILES string of the molecule is CNC(C)C1CCCN(C2CCCCC2)C1. The van der Waals surface area contributed by atoms with Crippen LogP contribution in [0.15, 0.2) is 0 Å². The molecule has 1 saturated carbocycles. The van der Waals surface area contributed by atoms with Gasteiger partial charge in [-0.2, -0.15) is 0 Å². The Hall–Kier alpha value is -0.0800. The summed E-state index contributed by atoms with van der Waals surface area (Å²) in [6.45, 7) is 5.04. The number of hydrogen-bond acceptors (Lipinski definition) is 2. The van der Waals surface area contributed by atoms with Crippen molar-refractivity contribution in [3.8, 4) is 0 Å². The molecule has 1 aliphatic heterocycles. The van der Waals surface area contributed by atoms with Gasteiger partial charge < -0.3 is 10.2 Å². The van der Waals surface area contributed by atoms with Crippen LogP contribution in [0.5, 0.6) is 0 Å². The molecule has 2 heteroatoms. The maximum absolute atomic E-state index is 3.43. The molecule has 2 atom stereocenters. The number of hydrogen-bond donors (Lipinski definition) is 1. The number of piperidine rings is 1. The van der Waals surface area contributed by atoms with Gasteiger partial charge in [-0.15, -0.1) is 0 Å². The van der Waals surface area contributed by atoms with E-state index in [0.717, 1.165) is 12.0 Å². The van der Waals surface area contributed by atoms with E-state index in [9.17, 15) is 0 Å².